The van der Waals surface area contributed by atoms with E-state index in [0.29, 0.717) is 13.1 Å². The summed E-state index contributed by atoms with van der Waals surface area (Å²) in [6.07, 6.45) is 1.60. The number of nitrogens with one attached hydrogen (secondary N) is 1. The fourth-order valence-corrected chi connectivity index (χ4v) is 3.00. The molecule has 7 heteroatoms. The van der Waals surface area contributed by atoms with Gasteiger partial charge in [-0.05, 0) is 31.9 Å². The molecule has 0 radical (unpaired) electrons. The molecule has 0 atom stereocenters. The van der Waals surface area contributed by atoms with E-state index in [1.54, 1.807) is 4.90 Å². The van der Waals surface area contributed by atoms with Gasteiger partial charge in [-0.1, -0.05) is 0 Å². The van der Waals surface area contributed by atoms with E-state index in [2.05, 4.69) is 20.4 Å². The van der Waals surface area contributed by atoms with Gasteiger partial charge in [-0.25, -0.2) is 0 Å². The number of rotatable bonds is 2. The predicted molar refractivity (Wildman–Crippen MR) is 81.3 cm³/mol. The van der Waals surface area contributed by atoms with Crippen LogP contribution in [0.5, 0.6) is 0 Å². The highest BCUT2D eigenvalue weighted by Gasteiger charge is 2.31. The van der Waals surface area contributed by atoms with Crippen molar-refractivity contribution in [2.75, 3.05) is 37.6 Å². The number of hydrogen-bond acceptors (Lipinski definition) is 5. The molecule has 0 spiro atoms. The molecule has 0 unspecified atom stereocenters. The van der Waals surface area contributed by atoms with Crippen molar-refractivity contribution < 1.29 is 9.59 Å². The van der Waals surface area contributed by atoms with Gasteiger partial charge in [0.1, 0.15) is 0 Å². The highest BCUT2D eigenvalue weighted by Crippen LogP contribution is 2.23. The number of carbonyl (C=O) groups excluding carboxylic acids is 2. The SMILES string of the molecule is Cc1ccc(N2CCC(C(=O)N3CCNC(=O)C3)CC2)nn1. The van der Waals surface area contributed by atoms with E-state index < -0.39 is 0 Å². The Morgan fingerprint density at radius 2 is 2.00 bits per heavy atom. The first-order valence-corrected chi connectivity index (χ1v) is 7.74. The summed E-state index contributed by atoms with van der Waals surface area (Å²) in [7, 11) is 0. The summed E-state index contributed by atoms with van der Waals surface area (Å²) >= 11 is 0. The molecule has 2 saturated heterocycles. The molecule has 1 aromatic rings. The van der Waals surface area contributed by atoms with E-state index in [0.717, 1.165) is 37.4 Å². The third-order valence-corrected chi connectivity index (χ3v) is 4.30. The molecule has 2 amide bonds. The van der Waals surface area contributed by atoms with E-state index in [1.807, 2.05) is 19.1 Å². The van der Waals surface area contributed by atoms with Crippen molar-refractivity contribution in [3.8, 4) is 0 Å². The lowest BCUT2D eigenvalue weighted by Crippen LogP contribution is -2.52. The van der Waals surface area contributed by atoms with Gasteiger partial charge in [0, 0.05) is 32.1 Å². The lowest BCUT2D eigenvalue weighted by molar-refractivity contribution is -0.141. The van der Waals surface area contributed by atoms with Crippen LogP contribution in [0.4, 0.5) is 5.82 Å². The molecule has 0 bridgehead atoms. The zero-order valence-electron chi connectivity index (χ0n) is 12.8. The van der Waals surface area contributed by atoms with Crippen LogP contribution in [0.1, 0.15) is 18.5 Å². The number of piperazine rings is 1. The van der Waals surface area contributed by atoms with E-state index in [-0.39, 0.29) is 24.3 Å². The molecule has 22 heavy (non-hydrogen) atoms. The monoisotopic (exact) mass is 303 g/mol. The summed E-state index contributed by atoms with van der Waals surface area (Å²) in [6, 6.07) is 3.92. The van der Waals surface area contributed by atoms with Crippen molar-refractivity contribution >= 4 is 17.6 Å². The number of aryl methyl sites for hydroxylation is 1. The van der Waals surface area contributed by atoms with Gasteiger partial charge in [-0.3, -0.25) is 9.59 Å². The molecular weight excluding hydrogens is 282 g/mol. The van der Waals surface area contributed by atoms with Crippen molar-refractivity contribution in [1.82, 2.24) is 20.4 Å². The summed E-state index contributed by atoms with van der Waals surface area (Å²) in [6.45, 7) is 4.89. The zero-order chi connectivity index (χ0) is 15.5. The summed E-state index contributed by atoms with van der Waals surface area (Å²) in [5.41, 5.74) is 0.900. The number of aromatic nitrogens is 2. The number of anilines is 1. The Morgan fingerprint density at radius 3 is 2.64 bits per heavy atom. The molecule has 2 fully saturated rings. The van der Waals surface area contributed by atoms with Crippen molar-refractivity contribution in [2.45, 2.75) is 19.8 Å². The lowest BCUT2D eigenvalue weighted by Gasteiger charge is -2.35. The van der Waals surface area contributed by atoms with E-state index in [9.17, 15) is 9.59 Å². The quantitative estimate of drug-likeness (QED) is 0.829. The van der Waals surface area contributed by atoms with E-state index in [4.69, 9.17) is 0 Å². The molecule has 1 aromatic heterocycles. The molecule has 0 saturated carbocycles. The molecule has 1 N–H and O–H groups in total. The van der Waals surface area contributed by atoms with Crippen LogP contribution in [0.3, 0.4) is 0 Å². The van der Waals surface area contributed by atoms with Crippen LogP contribution in [0.25, 0.3) is 0 Å². The van der Waals surface area contributed by atoms with Gasteiger partial charge in [-0.15, -0.1) is 5.10 Å². The highest BCUT2D eigenvalue weighted by molar-refractivity contribution is 5.87. The van der Waals surface area contributed by atoms with Gasteiger partial charge < -0.3 is 15.1 Å². The van der Waals surface area contributed by atoms with E-state index >= 15 is 0 Å². The molecule has 0 aliphatic carbocycles. The maximum Gasteiger partial charge on any atom is 0.239 e. The van der Waals surface area contributed by atoms with Gasteiger partial charge in [-0.2, -0.15) is 5.10 Å². The first-order valence-electron chi connectivity index (χ1n) is 7.74. The van der Waals surface area contributed by atoms with Crippen LogP contribution < -0.4 is 10.2 Å². The van der Waals surface area contributed by atoms with Crippen molar-refractivity contribution in [3.63, 3.8) is 0 Å². The minimum atomic E-state index is -0.0630. The Labute approximate surface area is 129 Å². The van der Waals surface area contributed by atoms with Gasteiger partial charge in [0.2, 0.25) is 11.8 Å². The third kappa shape index (κ3) is 3.18. The normalized spacial score (nSPS) is 20.0. The first kappa shape index (κ1) is 14.7. The second-order valence-corrected chi connectivity index (χ2v) is 5.90. The Kier molecular flexibility index (Phi) is 4.22. The lowest BCUT2D eigenvalue weighted by atomic mass is 9.95. The number of carbonyl (C=O) groups is 2. The van der Waals surface area contributed by atoms with Gasteiger partial charge in [0.15, 0.2) is 5.82 Å². The van der Waals surface area contributed by atoms with Crippen molar-refractivity contribution in [2.24, 2.45) is 5.92 Å². The van der Waals surface area contributed by atoms with Crippen molar-refractivity contribution in [1.29, 1.82) is 0 Å². The minimum Gasteiger partial charge on any atom is -0.355 e. The molecule has 0 aromatic carbocycles. The molecular formula is C15H21N5O2. The number of hydrogen-bond donors (Lipinski definition) is 1. The maximum atomic E-state index is 12.5. The average molecular weight is 303 g/mol. The molecule has 2 aliphatic heterocycles. The second kappa shape index (κ2) is 6.29. The Hall–Kier alpha value is -2.18. The van der Waals surface area contributed by atoms with E-state index in [1.165, 1.54) is 0 Å². The zero-order valence-corrected chi connectivity index (χ0v) is 12.8. The van der Waals surface area contributed by atoms with Gasteiger partial charge >= 0.3 is 0 Å². The Morgan fingerprint density at radius 1 is 1.23 bits per heavy atom. The average Bonchev–Trinajstić information content (AvgIpc) is 2.55. The molecule has 3 heterocycles. The Balaban J connectivity index is 1.56. The summed E-state index contributed by atoms with van der Waals surface area (Å²) in [4.78, 5) is 27.7. The molecule has 118 valence electrons. The number of amides is 2. The predicted octanol–water partition coefficient (Wildman–Crippen LogP) is -0.0402. The smallest absolute Gasteiger partial charge is 0.239 e. The van der Waals surface area contributed by atoms with Crippen LogP contribution in [-0.2, 0) is 9.59 Å². The van der Waals surface area contributed by atoms with Crippen LogP contribution in [0.2, 0.25) is 0 Å². The summed E-state index contributed by atoms with van der Waals surface area (Å²) in [5.74, 6) is 0.936. The molecule has 7 nitrogen and oxygen atoms in total. The third-order valence-electron chi connectivity index (χ3n) is 4.30. The fourth-order valence-electron chi connectivity index (χ4n) is 3.00. The number of nitrogens with zero attached hydrogens (tertiary/aromatic N) is 4. The van der Waals surface area contributed by atoms with Gasteiger partial charge in [0.25, 0.3) is 0 Å². The Bertz CT molecular complexity index is 552. The second-order valence-electron chi connectivity index (χ2n) is 5.90. The molecule has 3 rings (SSSR count). The summed E-state index contributed by atoms with van der Waals surface area (Å²) < 4.78 is 0. The minimum absolute atomic E-state index is 0.0144. The summed E-state index contributed by atoms with van der Waals surface area (Å²) in [5, 5.41) is 11.0. The largest absolute Gasteiger partial charge is 0.355 e. The highest BCUT2D eigenvalue weighted by atomic mass is 16.2. The van der Waals surface area contributed by atoms with Crippen LogP contribution in [-0.4, -0.2) is 59.6 Å². The first-order chi connectivity index (χ1) is 10.6. The standard InChI is InChI=1S/C15H21N5O2/c1-11-2-3-13(18-17-11)19-7-4-12(5-8-19)15(22)20-9-6-16-14(21)10-20/h2-3,12H,4-10H2,1H3,(H,16,21). The molecule has 2 aliphatic rings. The van der Waals surface area contributed by atoms with Crippen molar-refractivity contribution in [3.05, 3.63) is 17.8 Å². The fraction of sp³-hybridized carbons (Fsp3) is 0.600. The van der Waals surface area contributed by atoms with Crippen LogP contribution >= 0.6 is 0 Å². The van der Waals surface area contributed by atoms with Gasteiger partial charge in [0.05, 0.1) is 12.2 Å². The maximum absolute atomic E-state index is 12.5. The van der Waals surface area contributed by atoms with Crippen LogP contribution in [0, 0.1) is 12.8 Å². The topological polar surface area (TPSA) is 78.4 Å². The number of piperidine rings is 1. The van der Waals surface area contributed by atoms with Crippen LogP contribution in [0.15, 0.2) is 12.1 Å².